The highest BCUT2D eigenvalue weighted by Gasteiger charge is 2.50. The number of carbonyl (C=O) groups is 1. The summed E-state index contributed by atoms with van der Waals surface area (Å²) in [7, 11) is 0. The average Bonchev–Trinajstić information content (AvgIpc) is 3.35. The average molecular weight is 516 g/mol. The molecule has 190 valence electrons. The van der Waals surface area contributed by atoms with Crippen molar-refractivity contribution in [3.05, 3.63) is 35.1 Å². The lowest BCUT2D eigenvalue weighted by Crippen LogP contribution is -2.38. The maximum atomic E-state index is 13.4. The molecule has 2 aliphatic heterocycles. The molecule has 1 aromatic carbocycles. The molecule has 1 amide bonds. The van der Waals surface area contributed by atoms with Crippen LogP contribution in [0.2, 0.25) is 5.02 Å². The Balaban J connectivity index is 1.36. The minimum absolute atomic E-state index is 0.156. The lowest BCUT2D eigenvalue weighted by atomic mass is 9.65. The first-order valence-corrected chi connectivity index (χ1v) is 14.4. The van der Waals surface area contributed by atoms with Crippen LogP contribution >= 0.6 is 23.4 Å². The van der Waals surface area contributed by atoms with Crippen LogP contribution in [0.3, 0.4) is 0 Å². The van der Waals surface area contributed by atoms with E-state index in [1.165, 1.54) is 37.4 Å². The Kier molecular flexibility index (Phi) is 6.96. The van der Waals surface area contributed by atoms with E-state index in [1.54, 1.807) is 0 Å². The van der Waals surface area contributed by atoms with Gasteiger partial charge >= 0.3 is 0 Å². The molecule has 2 aromatic rings. The summed E-state index contributed by atoms with van der Waals surface area (Å²) in [4.78, 5) is 18.1. The molecule has 0 N–H and O–H groups in total. The van der Waals surface area contributed by atoms with Crippen molar-refractivity contribution in [2.75, 3.05) is 25.4 Å². The van der Waals surface area contributed by atoms with Gasteiger partial charge in [-0.1, -0.05) is 50.6 Å². The van der Waals surface area contributed by atoms with Crippen molar-refractivity contribution in [1.82, 2.24) is 24.6 Å². The van der Waals surface area contributed by atoms with Gasteiger partial charge in [-0.25, -0.2) is 0 Å². The lowest BCUT2D eigenvalue weighted by molar-refractivity contribution is -0.129. The molecule has 3 fully saturated rings. The largest absolute Gasteiger partial charge is 0.338 e. The number of piperidine rings is 1. The van der Waals surface area contributed by atoms with Crippen molar-refractivity contribution >= 4 is 29.3 Å². The van der Waals surface area contributed by atoms with Gasteiger partial charge in [0.2, 0.25) is 5.91 Å². The molecule has 6 nitrogen and oxygen atoms in total. The maximum absolute atomic E-state index is 13.4. The van der Waals surface area contributed by atoms with E-state index in [9.17, 15) is 4.79 Å². The highest BCUT2D eigenvalue weighted by molar-refractivity contribution is 7.99. The van der Waals surface area contributed by atoms with Gasteiger partial charge in [-0.3, -0.25) is 14.3 Å². The Morgan fingerprint density at radius 2 is 1.83 bits per heavy atom. The Bertz CT molecular complexity index is 1060. The number of hydrogen-bond acceptors (Lipinski definition) is 5. The predicted molar refractivity (Wildman–Crippen MR) is 142 cm³/mol. The summed E-state index contributed by atoms with van der Waals surface area (Å²) in [6.07, 6.45) is 7.16. The number of carbonyl (C=O) groups excluding carboxylic acids is 1. The van der Waals surface area contributed by atoms with Gasteiger partial charge in [0.25, 0.3) is 0 Å². The van der Waals surface area contributed by atoms with E-state index in [2.05, 4.69) is 52.3 Å². The molecular formula is C27H38ClN5OS. The van der Waals surface area contributed by atoms with Crippen molar-refractivity contribution in [2.45, 2.75) is 83.5 Å². The van der Waals surface area contributed by atoms with E-state index in [0.29, 0.717) is 22.2 Å². The van der Waals surface area contributed by atoms with Crippen molar-refractivity contribution in [3.63, 3.8) is 0 Å². The second-order valence-electron chi connectivity index (χ2n) is 11.9. The number of benzene rings is 1. The number of amides is 1. The van der Waals surface area contributed by atoms with Gasteiger partial charge in [0.15, 0.2) is 11.0 Å². The van der Waals surface area contributed by atoms with Crippen LogP contribution in [0, 0.1) is 10.8 Å². The molecule has 2 saturated heterocycles. The first-order valence-electron chi connectivity index (χ1n) is 13.0. The van der Waals surface area contributed by atoms with E-state index >= 15 is 0 Å². The van der Waals surface area contributed by atoms with E-state index in [4.69, 9.17) is 11.6 Å². The van der Waals surface area contributed by atoms with Crippen molar-refractivity contribution in [2.24, 2.45) is 10.8 Å². The molecule has 1 aromatic heterocycles. The molecule has 3 atom stereocenters. The highest BCUT2D eigenvalue weighted by atomic mass is 35.5. The molecule has 1 aliphatic carbocycles. The van der Waals surface area contributed by atoms with Gasteiger partial charge in [-0.05, 0) is 87.2 Å². The van der Waals surface area contributed by atoms with Gasteiger partial charge in [0.1, 0.15) is 0 Å². The molecule has 0 radical (unpaired) electrons. The summed E-state index contributed by atoms with van der Waals surface area (Å²) < 4.78 is 2.13. The summed E-state index contributed by atoms with van der Waals surface area (Å²) in [5.41, 5.74) is 1.53. The van der Waals surface area contributed by atoms with Crippen molar-refractivity contribution in [3.8, 4) is 5.69 Å². The van der Waals surface area contributed by atoms with Crippen LogP contribution in [-0.2, 0) is 4.79 Å². The lowest BCUT2D eigenvalue weighted by Gasteiger charge is -2.39. The van der Waals surface area contributed by atoms with Crippen molar-refractivity contribution in [1.29, 1.82) is 0 Å². The highest BCUT2D eigenvalue weighted by Crippen LogP contribution is 2.52. The van der Waals surface area contributed by atoms with E-state index in [1.807, 2.05) is 24.3 Å². The SMILES string of the molecule is C[C@@H](c1nnc(SCC(=O)N2C[C@@]3(C)C[C@H]2CC(C)(C)C3)n1-c1ccc(Cl)cc1)N1CCCCC1. The minimum Gasteiger partial charge on any atom is -0.338 e. The normalized spacial score (nSPS) is 27.2. The summed E-state index contributed by atoms with van der Waals surface area (Å²) in [6.45, 7) is 12.3. The number of aromatic nitrogens is 3. The fraction of sp³-hybridized carbons (Fsp3) is 0.667. The van der Waals surface area contributed by atoms with Crippen LogP contribution in [0.15, 0.2) is 29.4 Å². The zero-order valence-corrected chi connectivity index (χ0v) is 23.0. The Morgan fingerprint density at radius 1 is 1.11 bits per heavy atom. The van der Waals surface area contributed by atoms with Crippen LogP contribution in [0.25, 0.3) is 5.69 Å². The number of thioether (sulfide) groups is 1. The first-order chi connectivity index (χ1) is 16.6. The van der Waals surface area contributed by atoms with Crippen LogP contribution in [-0.4, -0.2) is 61.9 Å². The topological polar surface area (TPSA) is 54.3 Å². The maximum Gasteiger partial charge on any atom is 0.233 e. The van der Waals surface area contributed by atoms with E-state index in [-0.39, 0.29) is 17.4 Å². The predicted octanol–water partition coefficient (Wildman–Crippen LogP) is 5.99. The van der Waals surface area contributed by atoms with Gasteiger partial charge in [-0.15, -0.1) is 10.2 Å². The fourth-order valence-electron chi connectivity index (χ4n) is 6.91. The standard InChI is InChI=1S/C27H38ClN5OS/c1-19(31-12-6-5-7-13-31)24-29-30-25(33(24)21-10-8-20(28)9-11-21)35-16-23(34)32-18-27(4)15-22(32)14-26(2,3)17-27/h8-11,19,22H,5-7,12-18H2,1-4H3/t19-,22+,27-/m0/s1. The summed E-state index contributed by atoms with van der Waals surface area (Å²) in [6, 6.07) is 8.34. The number of hydrogen-bond donors (Lipinski definition) is 0. The first kappa shape index (κ1) is 25.1. The monoisotopic (exact) mass is 515 g/mol. The van der Waals surface area contributed by atoms with Crippen LogP contribution in [0.1, 0.15) is 78.1 Å². The number of fused-ring (bicyclic) bond motifs is 2. The van der Waals surface area contributed by atoms with Crippen LogP contribution in [0.4, 0.5) is 0 Å². The molecule has 0 spiro atoms. The number of rotatable bonds is 6. The summed E-state index contributed by atoms with van der Waals surface area (Å²) >= 11 is 7.69. The van der Waals surface area contributed by atoms with E-state index < -0.39 is 0 Å². The molecular weight excluding hydrogens is 478 g/mol. The third-order valence-corrected chi connectivity index (χ3v) is 9.28. The van der Waals surface area contributed by atoms with E-state index in [0.717, 1.165) is 49.1 Å². The molecule has 3 heterocycles. The second kappa shape index (κ2) is 9.71. The Labute approximate surface area is 218 Å². The molecule has 5 rings (SSSR count). The number of halogens is 1. The summed E-state index contributed by atoms with van der Waals surface area (Å²) in [5.74, 6) is 1.53. The Hall–Kier alpha value is -1.57. The smallest absolute Gasteiger partial charge is 0.233 e. The quantitative estimate of drug-likeness (QED) is 0.442. The molecule has 8 heteroatoms. The van der Waals surface area contributed by atoms with Crippen molar-refractivity contribution < 1.29 is 4.79 Å². The van der Waals surface area contributed by atoms with Gasteiger partial charge < -0.3 is 4.90 Å². The third kappa shape index (κ3) is 5.28. The number of likely N-dealkylation sites (tertiary alicyclic amines) is 2. The van der Waals surface area contributed by atoms with Gasteiger partial charge in [-0.2, -0.15) is 0 Å². The Morgan fingerprint density at radius 3 is 2.54 bits per heavy atom. The molecule has 35 heavy (non-hydrogen) atoms. The van der Waals surface area contributed by atoms with Crippen LogP contribution < -0.4 is 0 Å². The number of nitrogens with zero attached hydrogens (tertiary/aromatic N) is 5. The summed E-state index contributed by atoms with van der Waals surface area (Å²) in [5, 5.41) is 10.7. The molecule has 3 aliphatic rings. The molecule has 1 saturated carbocycles. The van der Waals surface area contributed by atoms with Gasteiger partial charge in [0, 0.05) is 23.3 Å². The second-order valence-corrected chi connectivity index (χ2v) is 13.3. The third-order valence-electron chi connectivity index (χ3n) is 8.12. The zero-order chi connectivity index (χ0) is 24.8. The van der Waals surface area contributed by atoms with Crippen LogP contribution in [0.5, 0.6) is 0 Å². The molecule has 0 unspecified atom stereocenters. The van der Waals surface area contributed by atoms with Gasteiger partial charge in [0.05, 0.1) is 11.8 Å². The zero-order valence-electron chi connectivity index (χ0n) is 21.5. The molecule has 2 bridgehead atoms. The minimum atomic E-state index is 0.156. The fourth-order valence-corrected chi connectivity index (χ4v) is 7.88.